The number of carbonyl (C=O) groups is 1. The Bertz CT molecular complexity index is 192. The zero-order chi connectivity index (χ0) is 11.4. The van der Waals surface area contributed by atoms with Crippen LogP contribution >= 0.6 is 0 Å². The van der Waals surface area contributed by atoms with Crippen molar-refractivity contribution < 1.29 is 4.79 Å². The normalized spacial score (nSPS) is 12.9. The molecule has 1 amide bonds. The molecule has 0 fully saturated rings. The molecular formula is C11H24N2O. The van der Waals surface area contributed by atoms with E-state index >= 15 is 0 Å². The van der Waals surface area contributed by atoms with Crippen LogP contribution in [0.2, 0.25) is 0 Å². The van der Waals surface area contributed by atoms with E-state index in [1.807, 2.05) is 0 Å². The van der Waals surface area contributed by atoms with Gasteiger partial charge in [-0.2, -0.15) is 0 Å². The van der Waals surface area contributed by atoms with Gasteiger partial charge in [0.15, 0.2) is 0 Å². The van der Waals surface area contributed by atoms with Crippen molar-refractivity contribution in [1.82, 2.24) is 5.32 Å². The highest BCUT2D eigenvalue weighted by molar-refractivity contribution is 5.73. The van der Waals surface area contributed by atoms with Crippen molar-refractivity contribution in [1.29, 1.82) is 0 Å². The molecule has 3 nitrogen and oxygen atoms in total. The van der Waals surface area contributed by atoms with Crippen LogP contribution in [0.5, 0.6) is 0 Å². The minimum atomic E-state index is -0.246. The van der Waals surface area contributed by atoms with Gasteiger partial charge in [-0.15, -0.1) is 0 Å². The van der Waals surface area contributed by atoms with Crippen LogP contribution in [0.4, 0.5) is 0 Å². The van der Waals surface area contributed by atoms with E-state index in [0.717, 1.165) is 6.42 Å². The number of hydrogen-bond acceptors (Lipinski definition) is 2. The third-order valence-corrected chi connectivity index (χ3v) is 1.95. The topological polar surface area (TPSA) is 55.1 Å². The number of amides is 1. The lowest BCUT2D eigenvalue weighted by molar-refractivity contribution is -0.117. The van der Waals surface area contributed by atoms with Crippen molar-refractivity contribution in [2.24, 2.45) is 11.1 Å². The van der Waals surface area contributed by atoms with Gasteiger partial charge in [-0.05, 0) is 25.7 Å². The van der Waals surface area contributed by atoms with Crippen LogP contribution in [0.25, 0.3) is 0 Å². The standard InChI is InChI=1S/C11H24N2O/c1-10(2,3)8-11(4,5)13-7-6-9(12)14/h13H,6-8H2,1-5H3,(H2,12,14). The summed E-state index contributed by atoms with van der Waals surface area (Å²) in [4.78, 5) is 10.6. The molecule has 0 aliphatic rings. The van der Waals surface area contributed by atoms with E-state index in [-0.39, 0.29) is 11.4 Å². The van der Waals surface area contributed by atoms with E-state index in [0.29, 0.717) is 18.4 Å². The first-order valence-corrected chi connectivity index (χ1v) is 5.16. The van der Waals surface area contributed by atoms with Gasteiger partial charge in [0.2, 0.25) is 5.91 Å². The maximum Gasteiger partial charge on any atom is 0.218 e. The lowest BCUT2D eigenvalue weighted by Crippen LogP contribution is -2.43. The molecule has 0 aromatic carbocycles. The number of primary amides is 1. The molecule has 0 saturated carbocycles. The second-order valence-electron chi connectivity index (χ2n) is 5.76. The first kappa shape index (κ1) is 13.4. The minimum Gasteiger partial charge on any atom is -0.370 e. The Balaban J connectivity index is 3.89. The molecule has 14 heavy (non-hydrogen) atoms. The van der Waals surface area contributed by atoms with Crippen molar-refractivity contribution >= 4 is 5.91 Å². The quantitative estimate of drug-likeness (QED) is 0.709. The van der Waals surface area contributed by atoms with E-state index < -0.39 is 0 Å². The Morgan fingerprint density at radius 1 is 1.21 bits per heavy atom. The molecule has 0 saturated heterocycles. The van der Waals surface area contributed by atoms with Crippen molar-refractivity contribution in [3.8, 4) is 0 Å². The van der Waals surface area contributed by atoms with Crippen LogP contribution in [0, 0.1) is 5.41 Å². The fraction of sp³-hybridized carbons (Fsp3) is 0.909. The Hall–Kier alpha value is -0.570. The molecule has 0 heterocycles. The van der Waals surface area contributed by atoms with Gasteiger partial charge in [-0.1, -0.05) is 20.8 Å². The van der Waals surface area contributed by atoms with Gasteiger partial charge in [0, 0.05) is 18.5 Å². The first-order chi connectivity index (χ1) is 6.12. The molecule has 3 N–H and O–H groups in total. The number of rotatable bonds is 5. The summed E-state index contributed by atoms with van der Waals surface area (Å²) in [6, 6.07) is 0. The number of nitrogens with one attached hydrogen (secondary N) is 1. The second kappa shape index (κ2) is 4.78. The highest BCUT2D eigenvalue weighted by Crippen LogP contribution is 2.26. The van der Waals surface area contributed by atoms with Gasteiger partial charge in [0.1, 0.15) is 0 Å². The zero-order valence-electron chi connectivity index (χ0n) is 10.1. The Morgan fingerprint density at radius 2 is 1.71 bits per heavy atom. The molecular weight excluding hydrogens is 176 g/mol. The summed E-state index contributed by atoms with van der Waals surface area (Å²) >= 11 is 0. The van der Waals surface area contributed by atoms with Gasteiger partial charge in [-0.25, -0.2) is 0 Å². The molecule has 0 bridgehead atoms. The molecule has 0 aromatic rings. The lowest BCUT2D eigenvalue weighted by atomic mass is 9.82. The van der Waals surface area contributed by atoms with Crippen molar-refractivity contribution in [3.63, 3.8) is 0 Å². The molecule has 0 rings (SSSR count). The fourth-order valence-electron chi connectivity index (χ4n) is 1.91. The highest BCUT2D eigenvalue weighted by Gasteiger charge is 2.24. The van der Waals surface area contributed by atoms with E-state index in [1.165, 1.54) is 0 Å². The Labute approximate surface area is 87.4 Å². The maximum absolute atomic E-state index is 10.6. The molecule has 0 radical (unpaired) electrons. The van der Waals surface area contributed by atoms with Crippen molar-refractivity contribution in [3.05, 3.63) is 0 Å². The van der Waals surface area contributed by atoms with Gasteiger partial charge in [-0.3, -0.25) is 4.79 Å². The summed E-state index contributed by atoms with van der Waals surface area (Å²) < 4.78 is 0. The van der Waals surface area contributed by atoms with Crippen LogP contribution in [-0.2, 0) is 4.79 Å². The zero-order valence-corrected chi connectivity index (χ0v) is 10.1. The van der Waals surface area contributed by atoms with Crippen LogP contribution in [0.3, 0.4) is 0 Å². The maximum atomic E-state index is 10.6. The summed E-state index contributed by atoms with van der Waals surface area (Å²) in [5.74, 6) is -0.246. The highest BCUT2D eigenvalue weighted by atomic mass is 16.1. The van der Waals surface area contributed by atoms with Crippen LogP contribution in [-0.4, -0.2) is 18.0 Å². The average Bonchev–Trinajstić information content (AvgIpc) is 1.78. The summed E-state index contributed by atoms with van der Waals surface area (Å²) in [7, 11) is 0. The molecule has 0 aliphatic carbocycles. The second-order valence-corrected chi connectivity index (χ2v) is 5.76. The molecule has 0 unspecified atom stereocenters. The Kier molecular flexibility index (Phi) is 4.59. The van der Waals surface area contributed by atoms with Gasteiger partial charge in [0.25, 0.3) is 0 Å². The van der Waals surface area contributed by atoms with Gasteiger partial charge >= 0.3 is 0 Å². The van der Waals surface area contributed by atoms with E-state index in [1.54, 1.807) is 0 Å². The predicted octanol–water partition coefficient (Wildman–Crippen LogP) is 1.67. The summed E-state index contributed by atoms with van der Waals surface area (Å²) in [6.45, 7) is 11.6. The number of hydrogen-bond donors (Lipinski definition) is 2. The molecule has 0 spiro atoms. The molecule has 3 heteroatoms. The van der Waals surface area contributed by atoms with Gasteiger partial charge in [0.05, 0.1) is 0 Å². The smallest absolute Gasteiger partial charge is 0.218 e. The Morgan fingerprint density at radius 3 is 2.07 bits per heavy atom. The molecule has 0 aromatic heterocycles. The van der Waals surface area contributed by atoms with Crippen LogP contribution < -0.4 is 11.1 Å². The monoisotopic (exact) mass is 200 g/mol. The van der Waals surface area contributed by atoms with Crippen LogP contribution in [0.15, 0.2) is 0 Å². The largest absolute Gasteiger partial charge is 0.370 e. The predicted molar refractivity (Wildman–Crippen MR) is 60.0 cm³/mol. The summed E-state index contributed by atoms with van der Waals surface area (Å²) in [5.41, 5.74) is 5.43. The minimum absolute atomic E-state index is 0.0632. The van der Waals surface area contributed by atoms with E-state index in [9.17, 15) is 4.79 Å². The van der Waals surface area contributed by atoms with Crippen molar-refractivity contribution in [2.75, 3.05) is 6.54 Å². The average molecular weight is 200 g/mol. The van der Waals surface area contributed by atoms with E-state index in [4.69, 9.17) is 5.73 Å². The summed E-state index contributed by atoms with van der Waals surface area (Å²) in [6.07, 6.45) is 1.48. The molecule has 0 atom stereocenters. The SMILES string of the molecule is CC(C)(C)CC(C)(C)NCCC(N)=O. The molecule has 0 aliphatic heterocycles. The third kappa shape index (κ3) is 8.05. The third-order valence-electron chi connectivity index (χ3n) is 1.95. The van der Waals surface area contributed by atoms with E-state index in [2.05, 4.69) is 39.9 Å². The van der Waals surface area contributed by atoms with Crippen molar-refractivity contribution in [2.45, 2.75) is 53.0 Å². The number of nitrogens with two attached hydrogens (primary N) is 1. The summed E-state index contributed by atoms with van der Waals surface area (Å²) in [5, 5.41) is 3.35. The molecule has 84 valence electrons. The fourth-order valence-corrected chi connectivity index (χ4v) is 1.91. The number of carbonyl (C=O) groups excluding carboxylic acids is 1. The van der Waals surface area contributed by atoms with Crippen LogP contribution in [0.1, 0.15) is 47.5 Å². The lowest BCUT2D eigenvalue weighted by Gasteiger charge is -2.33. The first-order valence-electron chi connectivity index (χ1n) is 5.16. The van der Waals surface area contributed by atoms with Gasteiger partial charge < -0.3 is 11.1 Å².